The molecule has 0 N–H and O–H groups in total. The van der Waals surface area contributed by atoms with Gasteiger partial charge in [0.15, 0.2) is 0 Å². The fourth-order valence-electron chi connectivity index (χ4n) is 0.766. The SMILES string of the molecule is C#CC(Br)c1ccc(Cl)c(Cl)c1. The van der Waals surface area contributed by atoms with Crippen molar-refractivity contribution in [2.45, 2.75) is 4.83 Å². The summed E-state index contributed by atoms with van der Waals surface area (Å²) in [7, 11) is 0. The summed E-state index contributed by atoms with van der Waals surface area (Å²) in [5.74, 6) is 2.54. The minimum atomic E-state index is -0.104. The molecule has 0 nitrogen and oxygen atoms in total. The van der Waals surface area contributed by atoms with E-state index in [1.165, 1.54) is 0 Å². The van der Waals surface area contributed by atoms with E-state index in [4.69, 9.17) is 29.6 Å². The standard InChI is InChI=1S/C9H5BrCl2/c1-2-7(10)6-3-4-8(11)9(12)5-6/h1,3-5,7H. The van der Waals surface area contributed by atoms with E-state index in [1.54, 1.807) is 12.1 Å². The van der Waals surface area contributed by atoms with Gasteiger partial charge in [-0.3, -0.25) is 0 Å². The van der Waals surface area contributed by atoms with E-state index in [1.807, 2.05) is 6.07 Å². The molecular weight excluding hydrogens is 259 g/mol. The Hall–Kier alpha value is -0.160. The second-order valence-corrected chi connectivity index (χ2v) is 3.93. The molecule has 0 aliphatic rings. The van der Waals surface area contributed by atoms with Gasteiger partial charge in [0.2, 0.25) is 0 Å². The number of benzene rings is 1. The number of halogens is 3. The maximum Gasteiger partial charge on any atom is 0.100 e. The van der Waals surface area contributed by atoms with Crippen LogP contribution in [0.15, 0.2) is 18.2 Å². The zero-order chi connectivity index (χ0) is 9.14. The Morgan fingerprint density at radius 1 is 1.33 bits per heavy atom. The van der Waals surface area contributed by atoms with Gasteiger partial charge in [-0.2, -0.15) is 0 Å². The molecule has 0 spiro atoms. The van der Waals surface area contributed by atoms with Gasteiger partial charge in [-0.1, -0.05) is 51.1 Å². The molecule has 0 aliphatic carbocycles. The van der Waals surface area contributed by atoms with Gasteiger partial charge in [0.05, 0.1) is 10.0 Å². The van der Waals surface area contributed by atoms with Gasteiger partial charge in [-0.25, -0.2) is 0 Å². The van der Waals surface area contributed by atoms with Crippen molar-refractivity contribution in [2.75, 3.05) is 0 Å². The van der Waals surface area contributed by atoms with Crippen LogP contribution in [0.3, 0.4) is 0 Å². The minimum absolute atomic E-state index is 0.104. The van der Waals surface area contributed by atoms with E-state index in [0.717, 1.165) is 5.56 Å². The molecule has 0 bridgehead atoms. The third kappa shape index (κ3) is 2.17. The van der Waals surface area contributed by atoms with E-state index in [0.29, 0.717) is 10.0 Å². The molecule has 0 aliphatic heterocycles. The molecule has 12 heavy (non-hydrogen) atoms. The lowest BCUT2D eigenvalue weighted by Gasteiger charge is -2.03. The van der Waals surface area contributed by atoms with Crippen molar-refractivity contribution in [2.24, 2.45) is 0 Å². The van der Waals surface area contributed by atoms with E-state index < -0.39 is 0 Å². The van der Waals surface area contributed by atoms with E-state index >= 15 is 0 Å². The summed E-state index contributed by atoms with van der Waals surface area (Å²) in [6, 6.07) is 5.32. The van der Waals surface area contributed by atoms with Crippen LogP contribution in [0, 0.1) is 12.3 Å². The first-order valence-electron chi connectivity index (χ1n) is 3.20. The number of rotatable bonds is 1. The summed E-state index contributed by atoms with van der Waals surface area (Å²) in [4.78, 5) is -0.104. The quantitative estimate of drug-likeness (QED) is 0.530. The number of alkyl halides is 1. The van der Waals surface area contributed by atoms with Crippen LogP contribution < -0.4 is 0 Å². The Kier molecular flexibility index (Phi) is 3.46. The minimum Gasteiger partial charge on any atom is -0.119 e. The molecule has 1 atom stereocenters. The average molecular weight is 264 g/mol. The lowest BCUT2D eigenvalue weighted by molar-refractivity contribution is 1.31. The van der Waals surface area contributed by atoms with E-state index in [2.05, 4.69) is 21.9 Å². The average Bonchev–Trinajstić information content (AvgIpc) is 2.08. The zero-order valence-corrected chi connectivity index (χ0v) is 9.12. The van der Waals surface area contributed by atoms with Crippen molar-refractivity contribution in [3.63, 3.8) is 0 Å². The Labute approximate surface area is 90.0 Å². The first-order valence-corrected chi connectivity index (χ1v) is 4.87. The fraction of sp³-hybridized carbons (Fsp3) is 0.111. The first kappa shape index (κ1) is 9.92. The Bertz CT molecular complexity index is 328. The third-order valence-corrected chi connectivity index (χ3v) is 2.91. The Morgan fingerprint density at radius 3 is 2.50 bits per heavy atom. The molecule has 3 heteroatoms. The van der Waals surface area contributed by atoms with Crippen molar-refractivity contribution < 1.29 is 0 Å². The molecule has 0 saturated heterocycles. The van der Waals surface area contributed by atoms with Crippen LogP contribution in [-0.4, -0.2) is 0 Å². The molecule has 0 heterocycles. The molecule has 1 aromatic rings. The van der Waals surface area contributed by atoms with Gasteiger partial charge >= 0.3 is 0 Å². The third-order valence-electron chi connectivity index (χ3n) is 1.38. The van der Waals surface area contributed by atoms with Crippen molar-refractivity contribution in [3.8, 4) is 12.3 Å². The van der Waals surface area contributed by atoms with Crippen molar-refractivity contribution in [3.05, 3.63) is 33.8 Å². The van der Waals surface area contributed by atoms with Crippen molar-refractivity contribution in [1.29, 1.82) is 0 Å². The molecule has 0 aromatic heterocycles. The highest BCUT2D eigenvalue weighted by atomic mass is 79.9. The monoisotopic (exact) mass is 262 g/mol. The van der Waals surface area contributed by atoms with Crippen LogP contribution in [0.25, 0.3) is 0 Å². The lowest BCUT2D eigenvalue weighted by atomic mass is 10.2. The second-order valence-electron chi connectivity index (χ2n) is 2.20. The summed E-state index contributed by atoms with van der Waals surface area (Å²) in [5, 5.41) is 1.06. The normalized spacial score (nSPS) is 12.2. The van der Waals surface area contributed by atoms with E-state index in [9.17, 15) is 0 Å². The van der Waals surface area contributed by atoms with Crippen LogP contribution in [0.5, 0.6) is 0 Å². The predicted octanol–water partition coefficient (Wildman–Crippen LogP) is 4.06. The first-order chi connectivity index (χ1) is 5.65. The van der Waals surface area contributed by atoms with Crippen molar-refractivity contribution >= 4 is 39.1 Å². The van der Waals surface area contributed by atoms with Crippen LogP contribution >= 0.6 is 39.1 Å². The number of hydrogen-bond donors (Lipinski definition) is 0. The molecular formula is C9H5BrCl2. The van der Waals surface area contributed by atoms with Gasteiger partial charge < -0.3 is 0 Å². The highest BCUT2D eigenvalue weighted by Gasteiger charge is 2.05. The molecule has 0 fully saturated rings. The van der Waals surface area contributed by atoms with E-state index in [-0.39, 0.29) is 4.83 Å². The van der Waals surface area contributed by atoms with Gasteiger partial charge in [0, 0.05) is 0 Å². The molecule has 0 amide bonds. The number of terminal acetylenes is 1. The van der Waals surface area contributed by atoms with Crippen LogP contribution in [-0.2, 0) is 0 Å². The van der Waals surface area contributed by atoms with Gasteiger partial charge in [-0.05, 0) is 17.7 Å². The van der Waals surface area contributed by atoms with Crippen LogP contribution in [0.2, 0.25) is 10.0 Å². The van der Waals surface area contributed by atoms with Crippen LogP contribution in [0.1, 0.15) is 10.4 Å². The summed E-state index contributed by atoms with van der Waals surface area (Å²) in [5.41, 5.74) is 0.937. The summed E-state index contributed by atoms with van der Waals surface area (Å²) >= 11 is 14.8. The maximum atomic E-state index is 5.79. The molecule has 0 saturated carbocycles. The van der Waals surface area contributed by atoms with Crippen LogP contribution in [0.4, 0.5) is 0 Å². The Balaban J connectivity index is 3.06. The predicted molar refractivity (Wildman–Crippen MR) is 57.0 cm³/mol. The Morgan fingerprint density at radius 2 is 2.00 bits per heavy atom. The van der Waals surface area contributed by atoms with Gasteiger partial charge in [0.25, 0.3) is 0 Å². The highest BCUT2D eigenvalue weighted by molar-refractivity contribution is 9.09. The highest BCUT2D eigenvalue weighted by Crippen LogP contribution is 2.28. The largest absolute Gasteiger partial charge is 0.119 e. The molecule has 0 radical (unpaired) electrons. The van der Waals surface area contributed by atoms with Gasteiger partial charge in [0.1, 0.15) is 4.83 Å². The summed E-state index contributed by atoms with van der Waals surface area (Å²) in [6.07, 6.45) is 5.22. The molecule has 1 rings (SSSR count). The summed E-state index contributed by atoms with van der Waals surface area (Å²) < 4.78 is 0. The molecule has 1 unspecified atom stereocenters. The maximum absolute atomic E-state index is 5.79. The van der Waals surface area contributed by atoms with Gasteiger partial charge in [-0.15, -0.1) is 6.42 Å². The second kappa shape index (κ2) is 4.18. The molecule has 62 valence electrons. The smallest absolute Gasteiger partial charge is 0.100 e. The molecule has 1 aromatic carbocycles. The number of hydrogen-bond acceptors (Lipinski definition) is 0. The summed E-state index contributed by atoms with van der Waals surface area (Å²) in [6.45, 7) is 0. The topological polar surface area (TPSA) is 0 Å². The lowest BCUT2D eigenvalue weighted by Crippen LogP contribution is -1.84. The van der Waals surface area contributed by atoms with Crippen molar-refractivity contribution in [1.82, 2.24) is 0 Å². The fourth-order valence-corrected chi connectivity index (χ4v) is 1.36. The zero-order valence-electron chi connectivity index (χ0n) is 6.02.